The van der Waals surface area contributed by atoms with Crippen LogP contribution in [0.15, 0.2) is 9.59 Å². The number of aromatic nitrogens is 2. The number of nitrogens with zero attached hydrogens (tertiary/aromatic N) is 1. The molecule has 5 nitrogen and oxygen atoms in total. The Morgan fingerprint density at radius 2 is 2.15 bits per heavy atom. The van der Waals surface area contributed by atoms with Gasteiger partial charge < -0.3 is 4.74 Å². The highest BCUT2D eigenvalue weighted by molar-refractivity contribution is 6.30. The molecule has 1 aromatic heterocycles. The summed E-state index contributed by atoms with van der Waals surface area (Å²) < 4.78 is 6.88. The van der Waals surface area contributed by atoms with E-state index in [0.717, 1.165) is 12.8 Å². The van der Waals surface area contributed by atoms with E-state index in [1.165, 1.54) is 4.57 Å². The topological polar surface area (TPSA) is 64.1 Å². The van der Waals surface area contributed by atoms with Gasteiger partial charge in [0.15, 0.2) is 0 Å². The first kappa shape index (κ1) is 15.3. The van der Waals surface area contributed by atoms with Crippen LogP contribution in [-0.4, -0.2) is 22.3 Å². The van der Waals surface area contributed by atoms with E-state index >= 15 is 0 Å². The molecular formula is C14H21ClN2O3. The van der Waals surface area contributed by atoms with Gasteiger partial charge in [0.1, 0.15) is 5.15 Å². The van der Waals surface area contributed by atoms with E-state index in [0.29, 0.717) is 18.7 Å². The highest BCUT2D eigenvalue weighted by atomic mass is 35.5. The molecule has 112 valence electrons. The fraction of sp³-hybridized carbons (Fsp3) is 0.714. The predicted octanol–water partition coefficient (Wildman–Crippen LogP) is 2.13. The van der Waals surface area contributed by atoms with Crippen LogP contribution in [0.5, 0.6) is 0 Å². The van der Waals surface area contributed by atoms with Crippen molar-refractivity contribution < 1.29 is 4.74 Å². The number of nitrogens with one attached hydrogen (secondary N) is 1. The quantitative estimate of drug-likeness (QED) is 0.866. The first-order chi connectivity index (χ1) is 9.45. The number of rotatable bonds is 4. The van der Waals surface area contributed by atoms with Gasteiger partial charge in [0, 0.05) is 19.1 Å². The average Bonchev–Trinajstić information content (AvgIpc) is 2.80. The summed E-state index contributed by atoms with van der Waals surface area (Å²) in [7, 11) is 0. The second-order valence-electron chi connectivity index (χ2n) is 5.59. The minimum Gasteiger partial charge on any atom is -0.378 e. The van der Waals surface area contributed by atoms with Gasteiger partial charge in [-0.05, 0) is 18.8 Å². The fourth-order valence-corrected chi connectivity index (χ4v) is 3.19. The van der Waals surface area contributed by atoms with Gasteiger partial charge in [-0.1, -0.05) is 32.4 Å². The molecule has 1 aliphatic heterocycles. The molecular weight excluding hydrogens is 280 g/mol. The van der Waals surface area contributed by atoms with Gasteiger partial charge in [-0.15, -0.1) is 0 Å². The molecule has 1 saturated heterocycles. The molecule has 1 N–H and O–H groups in total. The van der Waals surface area contributed by atoms with Crippen LogP contribution < -0.4 is 11.2 Å². The van der Waals surface area contributed by atoms with E-state index in [2.05, 4.69) is 11.9 Å². The van der Waals surface area contributed by atoms with Crippen LogP contribution in [0.1, 0.15) is 45.1 Å². The molecule has 1 aliphatic rings. The van der Waals surface area contributed by atoms with Crippen LogP contribution in [0.3, 0.4) is 0 Å². The molecule has 20 heavy (non-hydrogen) atoms. The number of halogens is 1. The molecule has 1 aromatic rings. The largest absolute Gasteiger partial charge is 0.378 e. The third-order valence-corrected chi connectivity index (χ3v) is 4.22. The van der Waals surface area contributed by atoms with Crippen molar-refractivity contribution in [2.45, 2.75) is 52.2 Å². The first-order valence-corrected chi connectivity index (χ1v) is 7.47. The highest BCUT2D eigenvalue weighted by Gasteiger charge is 2.28. The second kappa shape index (κ2) is 6.14. The van der Waals surface area contributed by atoms with Crippen LogP contribution in [0.4, 0.5) is 0 Å². The van der Waals surface area contributed by atoms with Crippen molar-refractivity contribution in [3.05, 3.63) is 31.6 Å². The molecule has 0 bridgehead atoms. The smallest absolute Gasteiger partial charge is 0.329 e. The highest BCUT2D eigenvalue weighted by Crippen LogP contribution is 2.24. The third-order valence-electron chi connectivity index (χ3n) is 3.92. The van der Waals surface area contributed by atoms with Gasteiger partial charge in [0.25, 0.3) is 5.56 Å². The summed E-state index contributed by atoms with van der Waals surface area (Å²) in [6, 6.07) is 0. The Balaban J connectivity index is 2.40. The number of aromatic amines is 1. The number of ether oxygens (including phenoxy) is 1. The molecule has 0 aromatic carbocycles. The zero-order valence-corrected chi connectivity index (χ0v) is 12.9. The van der Waals surface area contributed by atoms with E-state index in [9.17, 15) is 9.59 Å². The van der Waals surface area contributed by atoms with Gasteiger partial charge in [0.2, 0.25) is 0 Å². The van der Waals surface area contributed by atoms with E-state index in [-0.39, 0.29) is 28.7 Å². The Morgan fingerprint density at radius 1 is 1.45 bits per heavy atom. The summed E-state index contributed by atoms with van der Waals surface area (Å²) in [5.74, 6) is 0.180. The van der Waals surface area contributed by atoms with Gasteiger partial charge in [0.05, 0.1) is 11.7 Å². The van der Waals surface area contributed by atoms with E-state index in [1.54, 1.807) is 0 Å². The maximum atomic E-state index is 12.5. The Bertz CT molecular complexity index is 591. The first-order valence-electron chi connectivity index (χ1n) is 7.09. The van der Waals surface area contributed by atoms with Gasteiger partial charge >= 0.3 is 5.69 Å². The molecule has 1 fully saturated rings. The molecule has 2 atom stereocenters. The van der Waals surface area contributed by atoms with E-state index in [1.807, 2.05) is 13.8 Å². The lowest BCUT2D eigenvalue weighted by Crippen LogP contribution is -2.40. The van der Waals surface area contributed by atoms with Crippen LogP contribution in [0.25, 0.3) is 0 Å². The fourth-order valence-electron chi connectivity index (χ4n) is 2.81. The maximum Gasteiger partial charge on any atom is 0.329 e. The van der Waals surface area contributed by atoms with Gasteiger partial charge in [-0.25, -0.2) is 4.79 Å². The Morgan fingerprint density at radius 3 is 2.75 bits per heavy atom. The zero-order valence-electron chi connectivity index (χ0n) is 12.1. The monoisotopic (exact) mass is 300 g/mol. The third kappa shape index (κ3) is 2.83. The lowest BCUT2D eigenvalue weighted by Gasteiger charge is -2.18. The van der Waals surface area contributed by atoms with Gasteiger partial charge in [-0.3, -0.25) is 14.3 Å². The van der Waals surface area contributed by atoms with Crippen LogP contribution in [-0.2, 0) is 11.3 Å². The number of hydrogen-bond donors (Lipinski definition) is 1. The molecule has 6 heteroatoms. The molecule has 0 saturated carbocycles. The number of H-pyrrole nitrogens is 1. The molecule has 2 heterocycles. The molecule has 0 aliphatic carbocycles. The molecule has 0 radical (unpaired) electrons. The minimum absolute atomic E-state index is 0.0279. The molecule has 2 unspecified atom stereocenters. The normalized spacial score (nSPS) is 22.6. The summed E-state index contributed by atoms with van der Waals surface area (Å²) in [5, 5.41) is 0.154. The van der Waals surface area contributed by atoms with Crippen molar-refractivity contribution >= 4 is 11.6 Å². The van der Waals surface area contributed by atoms with Gasteiger partial charge in [-0.2, -0.15) is 0 Å². The van der Waals surface area contributed by atoms with Crippen molar-refractivity contribution in [2.24, 2.45) is 5.92 Å². The van der Waals surface area contributed by atoms with Crippen LogP contribution in [0, 0.1) is 5.92 Å². The summed E-state index contributed by atoms with van der Waals surface area (Å²) in [6.45, 7) is 6.92. The maximum absolute atomic E-state index is 12.5. The lowest BCUT2D eigenvalue weighted by atomic mass is 9.99. The van der Waals surface area contributed by atoms with Crippen molar-refractivity contribution in [2.75, 3.05) is 6.61 Å². The predicted molar refractivity (Wildman–Crippen MR) is 78.6 cm³/mol. The van der Waals surface area contributed by atoms with Crippen LogP contribution >= 0.6 is 11.6 Å². The Hall–Kier alpha value is -1.07. The SMILES string of the molecule is CCC1OCCC1Cn1c(=O)[nH]c(Cl)c(C(C)C)c1=O. The number of hydrogen-bond acceptors (Lipinski definition) is 3. The van der Waals surface area contributed by atoms with Crippen molar-refractivity contribution in [1.29, 1.82) is 0 Å². The summed E-state index contributed by atoms with van der Waals surface area (Å²) in [5.41, 5.74) is -0.250. The summed E-state index contributed by atoms with van der Waals surface area (Å²) >= 11 is 5.98. The van der Waals surface area contributed by atoms with Crippen molar-refractivity contribution in [3.63, 3.8) is 0 Å². The average molecular weight is 301 g/mol. The zero-order chi connectivity index (χ0) is 14.9. The van der Waals surface area contributed by atoms with Crippen molar-refractivity contribution in [3.8, 4) is 0 Å². The van der Waals surface area contributed by atoms with E-state index < -0.39 is 5.69 Å². The lowest BCUT2D eigenvalue weighted by molar-refractivity contribution is 0.0829. The second-order valence-corrected chi connectivity index (χ2v) is 5.97. The molecule has 0 amide bonds. The van der Waals surface area contributed by atoms with Crippen molar-refractivity contribution in [1.82, 2.24) is 9.55 Å². The van der Waals surface area contributed by atoms with E-state index in [4.69, 9.17) is 16.3 Å². The Labute approximate surface area is 122 Å². The Kier molecular flexibility index (Phi) is 4.70. The standard InChI is InChI=1S/C14H21ClN2O3/c1-4-10-9(5-6-20-10)7-17-13(18)11(8(2)3)12(15)16-14(17)19/h8-10H,4-7H2,1-3H3,(H,16,19). The van der Waals surface area contributed by atoms with Crippen LogP contribution in [0.2, 0.25) is 5.15 Å². The molecule has 2 rings (SSSR count). The summed E-state index contributed by atoms with van der Waals surface area (Å²) in [6.07, 6.45) is 1.89. The minimum atomic E-state index is -0.439. The molecule has 0 spiro atoms. The summed E-state index contributed by atoms with van der Waals surface area (Å²) in [4.78, 5) is 27.0.